The number of rotatable bonds is 7. The van der Waals surface area contributed by atoms with Crippen LogP contribution in [0.25, 0.3) is 115 Å². The van der Waals surface area contributed by atoms with Crippen LogP contribution in [0.2, 0.25) is 0 Å². The summed E-state index contributed by atoms with van der Waals surface area (Å²) in [6, 6.07) is 29.0. The molecule has 7 heteroatoms. The molecular formula is C55H34N6S. The van der Waals surface area contributed by atoms with Gasteiger partial charge in [-0.05, 0) is 88.9 Å². The lowest BCUT2D eigenvalue weighted by molar-refractivity contribution is 1.06. The average Bonchev–Trinajstić information content (AvgIpc) is 4.07. The van der Waals surface area contributed by atoms with Gasteiger partial charge in [-0.3, -0.25) is 9.97 Å². The van der Waals surface area contributed by atoms with Crippen molar-refractivity contribution in [3.05, 3.63) is 206 Å². The Morgan fingerprint density at radius 2 is 1.03 bits per heavy atom. The van der Waals surface area contributed by atoms with Crippen molar-refractivity contribution in [2.24, 2.45) is 0 Å². The van der Waals surface area contributed by atoms with E-state index in [2.05, 4.69) is 9.97 Å². The summed E-state index contributed by atoms with van der Waals surface area (Å²) in [6.45, 7) is 0. The van der Waals surface area contributed by atoms with Crippen LogP contribution in [-0.4, -0.2) is 29.5 Å². The van der Waals surface area contributed by atoms with Gasteiger partial charge in [-0.2, -0.15) is 0 Å². The predicted molar refractivity (Wildman–Crippen MR) is 255 cm³/mol. The molecule has 0 amide bonds. The molecule has 0 aliphatic carbocycles. The third-order valence-electron chi connectivity index (χ3n) is 10.8. The molecule has 0 radical (unpaired) electrons. The molecule has 290 valence electrons. The monoisotopic (exact) mass is 822 g/mol. The lowest BCUT2D eigenvalue weighted by Gasteiger charge is -2.15. The molecule has 12 rings (SSSR count). The number of nitrogens with zero attached hydrogens (tertiary/aromatic N) is 6. The molecule has 5 aromatic heterocycles. The molecule has 7 aromatic carbocycles. The van der Waals surface area contributed by atoms with Crippen molar-refractivity contribution >= 4 is 53.3 Å². The average molecular weight is 823 g/mol. The minimum atomic E-state index is -0.517. The van der Waals surface area contributed by atoms with Gasteiger partial charge in [-0.25, -0.2) is 15.0 Å². The number of para-hydroxylation sites is 3. The fourth-order valence-electron chi connectivity index (χ4n) is 7.93. The fourth-order valence-corrected chi connectivity index (χ4v) is 9.05. The molecule has 0 unspecified atom stereocenters. The third-order valence-corrected chi connectivity index (χ3v) is 11.9. The van der Waals surface area contributed by atoms with Gasteiger partial charge in [0.2, 0.25) is 0 Å². The first-order valence-corrected chi connectivity index (χ1v) is 20.4. The van der Waals surface area contributed by atoms with E-state index < -0.39 is 24.2 Å². The zero-order chi connectivity index (χ0) is 51.4. The summed E-state index contributed by atoms with van der Waals surface area (Å²) in [4.78, 5) is 24.3. The van der Waals surface area contributed by atoms with Crippen LogP contribution in [0.3, 0.4) is 0 Å². The molecular weight excluding hydrogens is 777 g/mol. The molecule has 0 aliphatic heterocycles. The number of thiophene rings is 1. The minimum absolute atomic E-state index is 0.00236. The number of fused-ring (bicyclic) bond motifs is 6. The van der Waals surface area contributed by atoms with Crippen molar-refractivity contribution in [1.29, 1.82) is 0 Å². The summed E-state index contributed by atoms with van der Waals surface area (Å²) in [7, 11) is 0. The minimum Gasteiger partial charge on any atom is -0.309 e. The maximum absolute atomic E-state index is 9.24. The second-order valence-electron chi connectivity index (χ2n) is 14.4. The summed E-state index contributed by atoms with van der Waals surface area (Å²) >= 11 is 1.23. The Morgan fingerprint density at radius 3 is 1.82 bits per heavy atom. The van der Waals surface area contributed by atoms with E-state index in [0.717, 1.165) is 22.3 Å². The Hall–Kier alpha value is -8.13. The number of hydrogen-bond donors (Lipinski definition) is 0. The first-order valence-electron chi connectivity index (χ1n) is 25.6. The highest BCUT2D eigenvalue weighted by atomic mass is 32.1. The normalized spacial score (nSPS) is 14.3. The molecule has 12 aromatic rings. The standard InChI is InChI=1S/C55H34N6S/c1-5-23-48-43(17-1)44-18-2-6-24-49(44)61(48)50-25-7-3-20-47(50)55-59-53(36-14-9-13-35(29-36)42-21-10-22-46-45-19-4-8-26-51(45)62-52(42)46)58-54(60-55)41-31-39(37-15-11-27-56-33-37)30-40(32-41)38-16-12-28-57-34-38/h1-34H/i1D,2D,4D,5D,10D,17D,18D,19D,22D,23D,24D,26D. The van der Waals surface area contributed by atoms with Gasteiger partial charge in [0.15, 0.2) is 17.5 Å². The summed E-state index contributed by atoms with van der Waals surface area (Å²) in [6.07, 6.45) is 6.91. The Kier molecular flexibility index (Phi) is 6.10. The molecule has 0 aliphatic rings. The molecule has 0 saturated heterocycles. The Labute approximate surface area is 378 Å². The number of aromatic nitrogens is 6. The van der Waals surface area contributed by atoms with Gasteiger partial charge in [0.1, 0.15) is 0 Å². The van der Waals surface area contributed by atoms with E-state index in [0.29, 0.717) is 53.7 Å². The summed E-state index contributed by atoms with van der Waals surface area (Å²) in [5.41, 5.74) is 6.39. The topological polar surface area (TPSA) is 69.4 Å². The van der Waals surface area contributed by atoms with Crippen LogP contribution in [0.5, 0.6) is 0 Å². The maximum Gasteiger partial charge on any atom is 0.166 e. The largest absolute Gasteiger partial charge is 0.309 e. The summed E-state index contributed by atoms with van der Waals surface area (Å²) < 4.78 is 109. The van der Waals surface area contributed by atoms with Crippen molar-refractivity contribution in [2.45, 2.75) is 0 Å². The molecule has 5 heterocycles. The Bertz CT molecular complexity index is 4300. The van der Waals surface area contributed by atoms with E-state index >= 15 is 0 Å². The highest BCUT2D eigenvalue weighted by Crippen LogP contribution is 2.41. The van der Waals surface area contributed by atoms with Crippen LogP contribution in [0.15, 0.2) is 206 Å². The molecule has 0 N–H and O–H groups in total. The first-order chi connectivity index (χ1) is 35.7. The molecule has 0 fully saturated rings. The highest BCUT2D eigenvalue weighted by Gasteiger charge is 2.20. The molecule has 0 saturated carbocycles. The second-order valence-corrected chi connectivity index (χ2v) is 15.4. The van der Waals surface area contributed by atoms with Gasteiger partial charge in [0.05, 0.1) is 33.2 Å². The van der Waals surface area contributed by atoms with Gasteiger partial charge in [-0.15, -0.1) is 11.3 Å². The van der Waals surface area contributed by atoms with Gasteiger partial charge >= 0.3 is 0 Å². The number of hydrogen-bond acceptors (Lipinski definition) is 6. The van der Waals surface area contributed by atoms with Crippen LogP contribution < -0.4 is 0 Å². The number of pyridine rings is 2. The van der Waals surface area contributed by atoms with E-state index in [1.807, 2.05) is 66.7 Å². The van der Waals surface area contributed by atoms with E-state index in [1.54, 1.807) is 55.1 Å². The van der Waals surface area contributed by atoms with Crippen molar-refractivity contribution in [3.63, 3.8) is 0 Å². The summed E-state index contributed by atoms with van der Waals surface area (Å²) in [5, 5.41) is 0.645. The second kappa shape index (κ2) is 14.9. The number of benzene rings is 7. The molecule has 62 heavy (non-hydrogen) atoms. The molecule has 0 bridgehead atoms. The SMILES string of the molecule is [2H]c1cc([2H])c2sc3c(-c4cccc(-c5nc(-c6cc(-c7cccnc7)cc(-c7cccnc7)c6)nc(-c6ccccc6-n6c7c([2H])cc([2H])c([2H])c7c7c([2H])c([2H])c([2H])c([2H])c76)n5)c4)cc([2H])c([2H])c3c2c1[2H]. The first kappa shape index (κ1) is 25.5. The van der Waals surface area contributed by atoms with Crippen LogP contribution in [0, 0.1) is 0 Å². The van der Waals surface area contributed by atoms with E-state index in [4.69, 9.17) is 28.7 Å². The molecule has 0 atom stereocenters. The zero-order valence-corrected chi connectivity index (χ0v) is 33.1. The quantitative estimate of drug-likeness (QED) is 0.160. The zero-order valence-electron chi connectivity index (χ0n) is 44.3. The summed E-state index contributed by atoms with van der Waals surface area (Å²) in [5.74, 6) is 0.600. The van der Waals surface area contributed by atoms with Crippen molar-refractivity contribution in [1.82, 2.24) is 29.5 Å². The molecule has 6 nitrogen and oxygen atoms in total. The van der Waals surface area contributed by atoms with E-state index in [1.165, 1.54) is 28.0 Å². The van der Waals surface area contributed by atoms with Gasteiger partial charge < -0.3 is 4.57 Å². The van der Waals surface area contributed by atoms with Crippen LogP contribution in [-0.2, 0) is 0 Å². The van der Waals surface area contributed by atoms with Gasteiger partial charge in [0, 0.05) is 83.5 Å². The Morgan fingerprint density at radius 1 is 0.419 bits per heavy atom. The maximum atomic E-state index is 9.24. The lowest BCUT2D eigenvalue weighted by Crippen LogP contribution is -2.04. The van der Waals surface area contributed by atoms with Crippen molar-refractivity contribution in [3.8, 4) is 73.2 Å². The molecule has 0 spiro atoms. The van der Waals surface area contributed by atoms with Gasteiger partial charge in [-0.1, -0.05) is 115 Å². The van der Waals surface area contributed by atoms with Crippen LogP contribution in [0.4, 0.5) is 0 Å². The highest BCUT2D eigenvalue weighted by molar-refractivity contribution is 7.26. The third kappa shape index (κ3) is 6.14. The van der Waals surface area contributed by atoms with Crippen LogP contribution >= 0.6 is 11.3 Å². The predicted octanol–water partition coefficient (Wildman–Crippen LogP) is 14.1. The van der Waals surface area contributed by atoms with Crippen molar-refractivity contribution in [2.75, 3.05) is 0 Å². The lowest BCUT2D eigenvalue weighted by atomic mass is 9.97. The fraction of sp³-hybridized carbons (Fsp3) is 0. The van der Waals surface area contributed by atoms with E-state index in [9.17, 15) is 2.74 Å². The van der Waals surface area contributed by atoms with Gasteiger partial charge in [0.25, 0.3) is 0 Å². The van der Waals surface area contributed by atoms with Crippen LogP contribution in [0.1, 0.15) is 16.4 Å². The van der Waals surface area contributed by atoms with Crippen molar-refractivity contribution < 1.29 is 16.4 Å². The smallest absolute Gasteiger partial charge is 0.166 e. The van der Waals surface area contributed by atoms with E-state index in [-0.39, 0.29) is 87.6 Å². The Balaban J connectivity index is 1.14.